The highest BCUT2D eigenvalue weighted by Crippen LogP contribution is 2.24. The van der Waals surface area contributed by atoms with E-state index >= 15 is 0 Å². The Hall–Kier alpha value is -1.97. The van der Waals surface area contributed by atoms with Gasteiger partial charge in [-0.05, 0) is 12.5 Å². The summed E-state index contributed by atoms with van der Waals surface area (Å²) < 4.78 is 0. The van der Waals surface area contributed by atoms with Gasteiger partial charge in [-0.25, -0.2) is 9.59 Å². The lowest BCUT2D eigenvalue weighted by molar-refractivity contribution is -0.142. The molecule has 5 heteroatoms. The Balaban J connectivity index is 0.00000196. The fraction of sp³-hybridized carbons (Fsp3) is 0.200. The minimum atomic E-state index is -1.54. The number of carbonyl (C=O) groups is 1. The average molecular weight is 209 g/mol. The Bertz CT molecular complexity index is 380. The van der Waals surface area contributed by atoms with Crippen LogP contribution in [0.25, 0.3) is 0 Å². The molecular weight excluding hydrogens is 198 g/mol. The maximum absolute atomic E-state index is 10.9. The van der Waals surface area contributed by atoms with Gasteiger partial charge in [-0.3, -0.25) is 0 Å². The zero-order valence-electron chi connectivity index (χ0n) is 8.10. The van der Waals surface area contributed by atoms with Crippen molar-refractivity contribution in [3.63, 3.8) is 0 Å². The molecule has 80 valence electrons. The van der Waals surface area contributed by atoms with E-state index in [2.05, 4.69) is 4.99 Å². The van der Waals surface area contributed by atoms with E-state index < -0.39 is 11.5 Å². The summed E-state index contributed by atoms with van der Waals surface area (Å²) in [7, 11) is 0. The first-order valence-electron chi connectivity index (χ1n) is 3.99. The van der Waals surface area contributed by atoms with Gasteiger partial charge in [-0.1, -0.05) is 30.3 Å². The zero-order chi connectivity index (χ0) is 10.6. The van der Waals surface area contributed by atoms with E-state index in [-0.39, 0.29) is 5.48 Å². The summed E-state index contributed by atoms with van der Waals surface area (Å²) in [6.45, 7) is 1.36. The van der Waals surface area contributed by atoms with E-state index in [0.717, 1.165) is 0 Å². The molecule has 1 atom stereocenters. The highest BCUT2D eigenvalue weighted by Gasteiger charge is 2.34. The monoisotopic (exact) mass is 209 g/mol. The molecular formula is C10H11NO4. The first-order valence-corrected chi connectivity index (χ1v) is 3.99. The number of rotatable bonds is 3. The molecule has 0 aliphatic rings. The summed E-state index contributed by atoms with van der Waals surface area (Å²) >= 11 is 0. The second kappa shape index (κ2) is 5.05. The molecule has 0 saturated heterocycles. The Kier molecular flexibility index (Phi) is 4.38. The molecule has 1 rings (SSSR count). The Morgan fingerprint density at radius 2 is 1.93 bits per heavy atom. The van der Waals surface area contributed by atoms with E-state index in [1.807, 2.05) is 0 Å². The van der Waals surface area contributed by atoms with Crippen molar-refractivity contribution in [1.29, 1.82) is 0 Å². The maximum atomic E-state index is 10.9. The lowest BCUT2D eigenvalue weighted by Crippen LogP contribution is -2.29. The molecule has 3 N–H and O–H groups in total. The summed E-state index contributed by atoms with van der Waals surface area (Å²) in [5.74, 6) is -1.17. The van der Waals surface area contributed by atoms with Crippen molar-refractivity contribution in [1.82, 2.24) is 0 Å². The molecule has 1 unspecified atom stereocenters. The third-order valence-corrected chi connectivity index (χ3v) is 2.02. The Labute approximate surface area is 86.4 Å². The van der Waals surface area contributed by atoms with Gasteiger partial charge in [0.05, 0.1) is 0 Å². The predicted octanol–water partition coefficient (Wildman–Crippen LogP) is 0.498. The second-order valence-corrected chi connectivity index (χ2v) is 2.95. The summed E-state index contributed by atoms with van der Waals surface area (Å²) in [5.41, 5.74) is -1.08. The summed E-state index contributed by atoms with van der Waals surface area (Å²) in [4.78, 5) is 24.4. The van der Waals surface area contributed by atoms with Crippen LogP contribution in [0.5, 0.6) is 0 Å². The number of benzene rings is 1. The molecule has 0 aliphatic carbocycles. The van der Waals surface area contributed by atoms with Crippen LogP contribution in [0.15, 0.2) is 35.3 Å². The van der Waals surface area contributed by atoms with Gasteiger partial charge in [0.1, 0.15) is 0 Å². The quantitative estimate of drug-likeness (QED) is 0.579. The standard InChI is InChI=1S/C10H9NO3.H2O/c1-10(9(13)14,11-7-12)8-5-3-2-4-6-8;/h2-6H,1H3,(H,13,14);1H2. The van der Waals surface area contributed by atoms with Gasteiger partial charge in [0, 0.05) is 0 Å². The van der Waals surface area contributed by atoms with E-state index in [1.54, 1.807) is 30.3 Å². The van der Waals surface area contributed by atoms with Crippen molar-refractivity contribution in [2.24, 2.45) is 4.99 Å². The molecule has 0 aliphatic heterocycles. The van der Waals surface area contributed by atoms with Gasteiger partial charge < -0.3 is 10.6 Å². The van der Waals surface area contributed by atoms with Crippen LogP contribution in [-0.4, -0.2) is 22.6 Å². The number of hydrogen-bond acceptors (Lipinski definition) is 3. The van der Waals surface area contributed by atoms with E-state index in [9.17, 15) is 9.59 Å². The molecule has 0 saturated carbocycles. The lowest BCUT2D eigenvalue weighted by atomic mass is 9.93. The van der Waals surface area contributed by atoms with Crippen molar-refractivity contribution in [3.8, 4) is 0 Å². The van der Waals surface area contributed by atoms with Crippen LogP contribution >= 0.6 is 0 Å². The summed E-state index contributed by atoms with van der Waals surface area (Å²) in [5, 5.41) is 8.94. The fourth-order valence-corrected chi connectivity index (χ4v) is 1.09. The molecule has 0 amide bonds. The van der Waals surface area contributed by atoms with Crippen LogP contribution in [0, 0.1) is 0 Å². The minimum Gasteiger partial charge on any atom is -0.479 e. The molecule has 1 aromatic rings. The van der Waals surface area contributed by atoms with Crippen LogP contribution in [0.3, 0.4) is 0 Å². The van der Waals surface area contributed by atoms with Crippen LogP contribution < -0.4 is 0 Å². The van der Waals surface area contributed by atoms with Crippen molar-refractivity contribution >= 4 is 12.0 Å². The van der Waals surface area contributed by atoms with Gasteiger partial charge >= 0.3 is 5.97 Å². The lowest BCUT2D eigenvalue weighted by Gasteiger charge is -2.17. The fourth-order valence-electron chi connectivity index (χ4n) is 1.09. The van der Waals surface area contributed by atoms with Crippen LogP contribution in [0.4, 0.5) is 0 Å². The van der Waals surface area contributed by atoms with Crippen molar-refractivity contribution in [2.75, 3.05) is 0 Å². The number of aliphatic carboxylic acids is 1. The third kappa shape index (κ3) is 2.49. The number of isocyanates is 1. The molecule has 0 spiro atoms. The number of carboxylic acid groups (broad SMARTS) is 1. The van der Waals surface area contributed by atoms with E-state index in [4.69, 9.17) is 5.11 Å². The molecule has 0 heterocycles. The van der Waals surface area contributed by atoms with Gasteiger partial charge in [-0.2, -0.15) is 4.99 Å². The molecule has 0 bridgehead atoms. The summed E-state index contributed by atoms with van der Waals surface area (Å²) in [6.07, 6.45) is 1.28. The molecule has 15 heavy (non-hydrogen) atoms. The van der Waals surface area contributed by atoms with Crippen molar-refractivity contribution in [3.05, 3.63) is 35.9 Å². The highest BCUT2D eigenvalue weighted by molar-refractivity contribution is 5.81. The smallest absolute Gasteiger partial charge is 0.336 e. The minimum absolute atomic E-state index is 0. The van der Waals surface area contributed by atoms with Gasteiger partial charge in [0.2, 0.25) is 6.08 Å². The van der Waals surface area contributed by atoms with E-state index in [0.29, 0.717) is 5.56 Å². The Morgan fingerprint density at radius 1 is 1.40 bits per heavy atom. The second-order valence-electron chi connectivity index (χ2n) is 2.95. The maximum Gasteiger partial charge on any atom is 0.336 e. The molecule has 0 radical (unpaired) electrons. The zero-order valence-corrected chi connectivity index (χ0v) is 8.10. The first kappa shape index (κ1) is 13.0. The predicted molar refractivity (Wildman–Crippen MR) is 53.2 cm³/mol. The largest absolute Gasteiger partial charge is 0.479 e. The van der Waals surface area contributed by atoms with Crippen LogP contribution in [0.2, 0.25) is 0 Å². The Morgan fingerprint density at radius 3 is 2.33 bits per heavy atom. The molecule has 0 fully saturated rings. The van der Waals surface area contributed by atoms with Crippen LogP contribution in [-0.2, 0) is 15.1 Å². The highest BCUT2D eigenvalue weighted by atomic mass is 16.4. The normalized spacial score (nSPS) is 12.9. The van der Waals surface area contributed by atoms with Crippen molar-refractivity contribution < 1.29 is 20.2 Å². The van der Waals surface area contributed by atoms with Gasteiger partial charge in [-0.15, -0.1) is 0 Å². The average Bonchev–Trinajstić information content (AvgIpc) is 2.19. The summed E-state index contributed by atoms with van der Waals surface area (Å²) in [6, 6.07) is 8.36. The SMILES string of the molecule is CC(N=C=O)(C(=O)O)c1ccccc1.O. The van der Waals surface area contributed by atoms with Crippen LogP contribution in [0.1, 0.15) is 12.5 Å². The number of nitrogens with zero attached hydrogens (tertiary/aromatic N) is 1. The number of hydrogen-bond donors (Lipinski definition) is 1. The molecule has 1 aromatic carbocycles. The number of carboxylic acids is 1. The number of carbonyl (C=O) groups excluding carboxylic acids is 1. The number of aliphatic imine (C=N–C) groups is 1. The van der Waals surface area contributed by atoms with E-state index in [1.165, 1.54) is 13.0 Å². The van der Waals surface area contributed by atoms with Gasteiger partial charge in [0.25, 0.3) is 0 Å². The third-order valence-electron chi connectivity index (χ3n) is 2.02. The molecule has 0 aromatic heterocycles. The first-order chi connectivity index (χ1) is 6.61. The van der Waals surface area contributed by atoms with Crippen molar-refractivity contribution in [2.45, 2.75) is 12.5 Å². The molecule has 5 nitrogen and oxygen atoms in total. The topological polar surface area (TPSA) is 98.2 Å². The van der Waals surface area contributed by atoms with Gasteiger partial charge in [0.15, 0.2) is 5.54 Å².